The molecule has 2 rings (SSSR count). The Morgan fingerprint density at radius 1 is 1.19 bits per heavy atom. The summed E-state index contributed by atoms with van der Waals surface area (Å²) < 4.78 is 9.84. The first-order chi connectivity index (χ1) is 12.6. The van der Waals surface area contributed by atoms with E-state index in [-0.39, 0.29) is 18.5 Å². The Labute approximate surface area is 153 Å². The highest BCUT2D eigenvalue weighted by Gasteiger charge is 2.16. The molecule has 0 N–H and O–H groups in total. The van der Waals surface area contributed by atoms with E-state index in [9.17, 15) is 9.59 Å². The van der Waals surface area contributed by atoms with E-state index in [4.69, 9.17) is 9.47 Å². The largest absolute Gasteiger partial charge is 0.463 e. The Morgan fingerprint density at radius 3 is 2.58 bits per heavy atom. The molecule has 0 atom stereocenters. The molecule has 0 spiro atoms. The number of hydrogen-bond donors (Lipinski definition) is 0. The SMILES string of the molecule is CCOC(=O)/C=C/c1ccc(N(Cc2cccnc2)C(=O)COC)cc1. The maximum absolute atomic E-state index is 12.4. The van der Waals surface area contributed by atoms with Gasteiger partial charge in [0.2, 0.25) is 0 Å². The van der Waals surface area contributed by atoms with Crippen LogP contribution in [0.5, 0.6) is 0 Å². The molecule has 26 heavy (non-hydrogen) atoms. The summed E-state index contributed by atoms with van der Waals surface area (Å²) in [4.78, 5) is 29.5. The fourth-order valence-electron chi connectivity index (χ4n) is 2.32. The molecule has 0 aliphatic heterocycles. The van der Waals surface area contributed by atoms with Gasteiger partial charge in [-0.05, 0) is 42.3 Å². The quantitative estimate of drug-likeness (QED) is 0.539. The Kier molecular flexibility index (Phi) is 7.51. The molecule has 2 aromatic rings. The van der Waals surface area contributed by atoms with Gasteiger partial charge in [-0.1, -0.05) is 18.2 Å². The second-order valence-electron chi connectivity index (χ2n) is 5.45. The van der Waals surface area contributed by atoms with Crippen molar-refractivity contribution in [3.63, 3.8) is 0 Å². The van der Waals surface area contributed by atoms with E-state index in [1.165, 1.54) is 13.2 Å². The average Bonchev–Trinajstić information content (AvgIpc) is 2.66. The van der Waals surface area contributed by atoms with Crippen LogP contribution in [0.15, 0.2) is 54.9 Å². The van der Waals surface area contributed by atoms with Crippen molar-refractivity contribution in [2.45, 2.75) is 13.5 Å². The van der Waals surface area contributed by atoms with Gasteiger partial charge in [-0.15, -0.1) is 0 Å². The molecule has 1 amide bonds. The standard InChI is InChI=1S/C20H22N2O4/c1-3-26-20(24)11-8-16-6-9-18(10-7-16)22(19(23)15-25-2)14-17-5-4-12-21-13-17/h4-13H,3,14-15H2,1-2H3/b11-8+. The maximum Gasteiger partial charge on any atom is 0.330 e. The van der Waals surface area contributed by atoms with Crippen molar-refractivity contribution in [3.8, 4) is 0 Å². The third kappa shape index (κ3) is 5.82. The lowest BCUT2D eigenvalue weighted by Crippen LogP contribution is -2.33. The van der Waals surface area contributed by atoms with Crippen molar-refractivity contribution in [1.82, 2.24) is 4.98 Å². The van der Waals surface area contributed by atoms with Crippen LogP contribution < -0.4 is 4.90 Å². The molecule has 6 heteroatoms. The van der Waals surface area contributed by atoms with Crippen molar-refractivity contribution < 1.29 is 19.1 Å². The lowest BCUT2D eigenvalue weighted by molar-refractivity contribution is -0.137. The zero-order valence-electron chi connectivity index (χ0n) is 14.9. The van der Waals surface area contributed by atoms with Crippen molar-refractivity contribution in [1.29, 1.82) is 0 Å². The number of methoxy groups -OCH3 is 1. The topological polar surface area (TPSA) is 68.7 Å². The fourth-order valence-corrected chi connectivity index (χ4v) is 2.32. The molecule has 136 valence electrons. The second kappa shape index (κ2) is 10.1. The van der Waals surface area contributed by atoms with Gasteiger partial charge in [-0.25, -0.2) is 4.79 Å². The van der Waals surface area contributed by atoms with Crippen LogP contribution in [0.25, 0.3) is 6.08 Å². The van der Waals surface area contributed by atoms with E-state index in [1.54, 1.807) is 30.3 Å². The number of carbonyl (C=O) groups is 2. The van der Waals surface area contributed by atoms with E-state index in [0.717, 1.165) is 16.8 Å². The molecule has 0 unspecified atom stereocenters. The first-order valence-corrected chi connectivity index (χ1v) is 8.27. The van der Waals surface area contributed by atoms with Gasteiger partial charge >= 0.3 is 5.97 Å². The number of benzene rings is 1. The minimum Gasteiger partial charge on any atom is -0.463 e. The first kappa shape index (κ1) is 19.3. The molecular formula is C20H22N2O4. The summed E-state index contributed by atoms with van der Waals surface area (Å²) >= 11 is 0. The Hall–Kier alpha value is -2.99. The van der Waals surface area contributed by atoms with Crippen LogP contribution in [0, 0.1) is 0 Å². The maximum atomic E-state index is 12.4. The van der Waals surface area contributed by atoms with Crippen LogP contribution in [-0.2, 0) is 25.6 Å². The van der Waals surface area contributed by atoms with E-state index in [2.05, 4.69) is 4.98 Å². The number of carbonyl (C=O) groups excluding carboxylic acids is 2. The van der Waals surface area contributed by atoms with E-state index < -0.39 is 0 Å². The van der Waals surface area contributed by atoms with Crippen molar-refractivity contribution in [2.75, 3.05) is 25.2 Å². The van der Waals surface area contributed by atoms with E-state index in [1.807, 2.05) is 36.4 Å². The van der Waals surface area contributed by atoms with Crippen LogP contribution in [0.4, 0.5) is 5.69 Å². The van der Waals surface area contributed by atoms with Crippen molar-refractivity contribution >= 4 is 23.6 Å². The molecule has 0 aliphatic carbocycles. The number of pyridine rings is 1. The number of anilines is 1. The van der Waals surface area contributed by atoms with E-state index in [0.29, 0.717) is 13.2 Å². The average molecular weight is 354 g/mol. The van der Waals surface area contributed by atoms with Gasteiger partial charge in [-0.2, -0.15) is 0 Å². The minimum atomic E-state index is -0.384. The predicted octanol–water partition coefficient (Wildman–Crippen LogP) is 2.84. The summed E-state index contributed by atoms with van der Waals surface area (Å²) in [5.74, 6) is -0.531. The monoisotopic (exact) mass is 354 g/mol. The van der Waals surface area contributed by atoms with E-state index >= 15 is 0 Å². The zero-order chi connectivity index (χ0) is 18.8. The van der Waals surface area contributed by atoms with Gasteiger partial charge in [0.15, 0.2) is 0 Å². The van der Waals surface area contributed by atoms with Gasteiger partial charge < -0.3 is 14.4 Å². The molecule has 0 aliphatic rings. The molecule has 0 saturated carbocycles. The molecule has 1 aromatic heterocycles. The highest BCUT2D eigenvalue weighted by Crippen LogP contribution is 2.19. The van der Waals surface area contributed by atoms with Crippen molar-refractivity contribution in [2.24, 2.45) is 0 Å². The molecule has 1 aromatic carbocycles. The highest BCUT2D eigenvalue weighted by atomic mass is 16.5. The van der Waals surface area contributed by atoms with Gasteiger partial charge in [0.25, 0.3) is 5.91 Å². The smallest absolute Gasteiger partial charge is 0.330 e. The summed E-state index contributed by atoms with van der Waals surface area (Å²) in [6.45, 7) is 2.49. The summed E-state index contributed by atoms with van der Waals surface area (Å²) in [5, 5.41) is 0. The number of nitrogens with zero attached hydrogens (tertiary/aromatic N) is 2. The lowest BCUT2D eigenvalue weighted by Gasteiger charge is -2.22. The Morgan fingerprint density at radius 2 is 1.96 bits per heavy atom. The normalized spacial score (nSPS) is 10.7. The molecule has 0 radical (unpaired) electrons. The van der Waals surface area contributed by atoms with Crippen LogP contribution in [-0.4, -0.2) is 37.2 Å². The number of amides is 1. The molecule has 6 nitrogen and oxygen atoms in total. The fraction of sp³-hybridized carbons (Fsp3) is 0.250. The number of rotatable bonds is 8. The highest BCUT2D eigenvalue weighted by molar-refractivity contribution is 5.94. The second-order valence-corrected chi connectivity index (χ2v) is 5.45. The summed E-state index contributed by atoms with van der Waals surface area (Å²) in [7, 11) is 1.49. The van der Waals surface area contributed by atoms with Crippen LogP contribution in [0.1, 0.15) is 18.1 Å². The molecule has 1 heterocycles. The summed E-state index contributed by atoms with van der Waals surface area (Å²) in [6.07, 6.45) is 6.46. The van der Waals surface area contributed by atoms with Crippen LogP contribution in [0.2, 0.25) is 0 Å². The third-order valence-corrected chi connectivity index (χ3v) is 3.54. The van der Waals surface area contributed by atoms with Crippen LogP contribution in [0.3, 0.4) is 0 Å². The van der Waals surface area contributed by atoms with Gasteiger partial charge in [-0.3, -0.25) is 9.78 Å². The van der Waals surface area contributed by atoms with Gasteiger partial charge in [0.05, 0.1) is 13.2 Å². The lowest BCUT2D eigenvalue weighted by atomic mass is 10.1. The first-order valence-electron chi connectivity index (χ1n) is 8.27. The molecular weight excluding hydrogens is 332 g/mol. The number of hydrogen-bond acceptors (Lipinski definition) is 5. The molecule has 0 bridgehead atoms. The van der Waals surface area contributed by atoms with Crippen LogP contribution >= 0.6 is 0 Å². The minimum absolute atomic E-state index is 0.00915. The third-order valence-electron chi connectivity index (χ3n) is 3.54. The molecule has 0 saturated heterocycles. The summed E-state index contributed by atoms with van der Waals surface area (Å²) in [6, 6.07) is 11.1. The zero-order valence-corrected chi connectivity index (χ0v) is 14.9. The molecule has 0 fully saturated rings. The van der Waals surface area contributed by atoms with Gasteiger partial charge in [0.1, 0.15) is 6.61 Å². The Balaban J connectivity index is 2.16. The van der Waals surface area contributed by atoms with Gasteiger partial charge in [0, 0.05) is 31.3 Å². The Bertz CT molecular complexity index is 742. The number of ether oxygens (including phenoxy) is 2. The summed E-state index contributed by atoms with van der Waals surface area (Å²) in [5.41, 5.74) is 2.50. The predicted molar refractivity (Wildman–Crippen MR) is 99.4 cm³/mol. The number of esters is 1. The van der Waals surface area contributed by atoms with Crippen molar-refractivity contribution in [3.05, 3.63) is 66.0 Å². The number of aromatic nitrogens is 1.